The van der Waals surface area contributed by atoms with Gasteiger partial charge in [0.1, 0.15) is 0 Å². The SMILES string of the molecule is CC(C)(C)N=C1[C-]=C(OC(C)(C)C)C(OC(C)(C)C)=C1.[Nb]. The molecule has 1 rings (SSSR count). The van der Waals surface area contributed by atoms with Gasteiger partial charge < -0.3 is 14.5 Å². The molecule has 0 unspecified atom stereocenters. The standard InChI is InChI=1S/C17H28NO2.Nb/c1-15(2,3)18-12-10-13(19-16(4,5)6)14(11-12)20-17(7,8)9;/h10H,1-9H3;/q-1;. The minimum absolute atomic E-state index is 0. The van der Waals surface area contributed by atoms with Crippen LogP contribution in [0.2, 0.25) is 0 Å². The molecule has 0 fully saturated rings. The summed E-state index contributed by atoms with van der Waals surface area (Å²) in [6.07, 6.45) is 5.10. The molecule has 1 aliphatic rings. The van der Waals surface area contributed by atoms with Crippen molar-refractivity contribution in [2.24, 2.45) is 4.99 Å². The molecule has 3 nitrogen and oxygen atoms in total. The molecule has 0 spiro atoms. The van der Waals surface area contributed by atoms with Gasteiger partial charge in [-0.3, -0.25) is 0 Å². The van der Waals surface area contributed by atoms with E-state index in [0.29, 0.717) is 11.5 Å². The van der Waals surface area contributed by atoms with Crippen molar-refractivity contribution in [2.75, 3.05) is 0 Å². The van der Waals surface area contributed by atoms with Gasteiger partial charge in [0, 0.05) is 33.9 Å². The summed E-state index contributed by atoms with van der Waals surface area (Å²) in [5.41, 5.74) is 0.0518. The van der Waals surface area contributed by atoms with E-state index in [9.17, 15) is 0 Å². The van der Waals surface area contributed by atoms with E-state index in [-0.39, 0.29) is 39.1 Å². The Balaban J connectivity index is 0.00000400. The fourth-order valence-corrected chi connectivity index (χ4v) is 1.61. The largest absolute Gasteiger partial charge is 0.554 e. The van der Waals surface area contributed by atoms with Crippen molar-refractivity contribution in [1.29, 1.82) is 0 Å². The predicted octanol–water partition coefficient (Wildman–Crippen LogP) is 4.44. The second-order valence-corrected chi connectivity index (χ2v) is 8.06. The Morgan fingerprint density at radius 2 is 1.33 bits per heavy atom. The van der Waals surface area contributed by atoms with Gasteiger partial charge in [-0.2, -0.15) is 0 Å². The molecule has 0 aliphatic heterocycles. The molecule has 4 heteroatoms. The van der Waals surface area contributed by atoms with Gasteiger partial charge in [-0.1, -0.05) is 5.71 Å². The fraction of sp³-hybridized carbons (Fsp3) is 0.706. The Labute approximate surface area is 145 Å². The van der Waals surface area contributed by atoms with E-state index >= 15 is 0 Å². The van der Waals surface area contributed by atoms with E-state index in [4.69, 9.17) is 9.47 Å². The van der Waals surface area contributed by atoms with E-state index < -0.39 is 0 Å². The number of nitrogens with zero attached hydrogens (tertiary/aromatic N) is 1. The third-order valence-corrected chi connectivity index (χ3v) is 2.01. The first-order chi connectivity index (χ1) is 8.75. The third-order valence-electron chi connectivity index (χ3n) is 2.01. The maximum absolute atomic E-state index is 5.96. The second-order valence-electron chi connectivity index (χ2n) is 8.06. The molecule has 21 heavy (non-hydrogen) atoms. The van der Waals surface area contributed by atoms with Gasteiger partial charge in [0.05, 0.1) is 16.7 Å². The van der Waals surface area contributed by atoms with Crippen LogP contribution in [0.15, 0.2) is 22.6 Å². The normalized spacial score (nSPS) is 18.0. The zero-order chi connectivity index (χ0) is 15.8. The van der Waals surface area contributed by atoms with Crippen molar-refractivity contribution in [3.8, 4) is 0 Å². The number of aliphatic imine (C=N–C) groups is 1. The monoisotopic (exact) mass is 371 g/mol. The van der Waals surface area contributed by atoms with Gasteiger partial charge >= 0.3 is 0 Å². The minimum Gasteiger partial charge on any atom is -0.554 e. The molecule has 0 aromatic heterocycles. The molecule has 0 bridgehead atoms. The molecule has 0 aromatic rings. The van der Waals surface area contributed by atoms with Crippen molar-refractivity contribution in [1.82, 2.24) is 0 Å². The van der Waals surface area contributed by atoms with Gasteiger partial charge in [0.2, 0.25) is 0 Å². The van der Waals surface area contributed by atoms with Crippen molar-refractivity contribution in [2.45, 2.75) is 79.1 Å². The van der Waals surface area contributed by atoms with Crippen LogP contribution in [-0.4, -0.2) is 22.5 Å². The van der Waals surface area contributed by atoms with Crippen molar-refractivity contribution < 1.29 is 31.9 Å². The van der Waals surface area contributed by atoms with Crippen LogP contribution in [0.4, 0.5) is 0 Å². The topological polar surface area (TPSA) is 30.8 Å². The molecule has 0 N–H and O–H groups in total. The zero-order valence-corrected chi connectivity index (χ0v) is 17.0. The van der Waals surface area contributed by atoms with Crippen LogP contribution in [0.3, 0.4) is 0 Å². The summed E-state index contributed by atoms with van der Waals surface area (Å²) in [6.45, 7) is 18.2. The Hall–Kier alpha value is -0.510. The molecule has 1 aliphatic carbocycles. The van der Waals surface area contributed by atoms with Gasteiger partial charge in [0.15, 0.2) is 0 Å². The van der Waals surface area contributed by atoms with Gasteiger partial charge in [-0.05, 0) is 62.3 Å². The van der Waals surface area contributed by atoms with Crippen LogP contribution in [0.5, 0.6) is 0 Å². The third kappa shape index (κ3) is 8.50. The molecular weight excluding hydrogens is 343 g/mol. The van der Waals surface area contributed by atoms with Crippen molar-refractivity contribution >= 4 is 5.71 Å². The summed E-state index contributed by atoms with van der Waals surface area (Å²) < 4.78 is 11.9. The Bertz CT molecular complexity index is 421. The maximum atomic E-state index is 5.96. The average Bonchev–Trinajstić information content (AvgIpc) is 2.37. The minimum atomic E-state index is -0.292. The maximum Gasteiger partial charge on any atom is 0.0976 e. The zero-order valence-electron chi connectivity index (χ0n) is 14.8. The van der Waals surface area contributed by atoms with E-state index in [2.05, 4.69) is 31.8 Å². The van der Waals surface area contributed by atoms with Gasteiger partial charge in [0.25, 0.3) is 0 Å². The molecule has 119 valence electrons. The fourth-order valence-electron chi connectivity index (χ4n) is 1.61. The van der Waals surface area contributed by atoms with Crippen molar-refractivity contribution in [3.63, 3.8) is 0 Å². The summed E-state index contributed by atoms with van der Waals surface area (Å²) in [5.74, 6) is 1.34. The Kier molecular flexibility index (Phi) is 6.56. The molecule has 0 heterocycles. The average molecular weight is 371 g/mol. The smallest absolute Gasteiger partial charge is 0.0976 e. The number of hydrogen-bond acceptors (Lipinski definition) is 3. The van der Waals surface area contributed by atoms with Crippen LogP contribution in [0, 0.1) is 6.08 Å². The summed E-state index contributed by atoms with van der Waals surface area (Å²) in [5, 5.41) is 0. The molecule has 0 aromatic carbocycles. The summed E-state index contributed by atoms with van der Waals surface area (Å²) in [7, 11) is 0. The summed E-state index contributed by atoms with van der Waals surface area (Å²) >= 11 is 0. The second kappa shape index (κ2) is 6.72. The van der Waals surface area contributed by atoms with Crippen LogP contribution < -0.4 is 0 Å². The number of ether oxygens (including phenoxy) is 2. The molecular formula is C17H28NNbO2-. The predicted molar refractivity (Wildman–Crippen MR) is 83.7 cm³/mol. The molecule has 1 radical (unpaired) electrons. The van der Waals surface area contributed by atoms with E-state index in [1.165, 1.54) is 0 Å². The van der Waals surface area contributed by atoms with Crippen LogP contribution in [0.1, 0.15) is 62.3 Å². The molecule has 0 saturated carbocycles. The summed E-state index contributed by atoms with van der Waals surface area (Å²) in [4.78, 5) is 4.62. The van der Waals surface area contributed by atoms with Crippen LogP contribution in [0.25, 0.3) is 0 Å². The number of rotatable bonds is 2. The number of allylic oxidation sites excluding steroid dienone is 2. The number of hydrogen-bond donors (Lipinski definition) is 0. The van der Waals surface area contributed by atoms with Gasteiger partial charge in [-0.25, -0.2) is 0 Å². The molecule has 0 saturated heterocycles. The first-order valence-electron chi connectivity index (χ1n) is 7.09. The van der Waals surface area contributed by atoms with Crippen molar-refractivity contribution in [3.05, 3.63) is 23.7 Å². The van der Waals surface area contributed by atoms with E-state index in [0.717, 1.165) is 5.71 Å². The Morgan fingerprint density at radius 3 is 1.71 bits per heavy atom. The van der Waals surface area contributed by atoms with E-state index in [1.54, 1.807) is 0 Å². The van der Waals surface area contributed by atoms with Crippen LogP contribution >= 0.6 is 0 Å². The van der Waals surface area contributed by atoms with E-state index in [1.807, 2.05) is 47.6 Å². The Morgan fingerprint density at radius 1 is 0.857 bits per heavy atom. The summed E-state index contributed by atoms with van der Waals surface area (Å²) in [6, 6.07) is 0. The molecule has 0 atom stereocenters. The first-order valence-corrected chi connectivity index (χ1v) is 7.09. The van der Waals surface area contributed by atoms with Crippen LogP contribution in [-0.2, 0) is 31.9 Å². The first kappa shape index (κ1) is 20.5. The quantitative estimate of drug-likeness (QED) is 0.531. The molecule has 0 amide bonds. The van der Waals surface area contributed by atoms with Gasteiger partial charge in [-0.15, -0.1) is 12.2 Å².